The summed E-state index contributed by atoms with van der Waals surface area (Å²) in [6, 6.07) is 14.0. The van der Waals surface area contributed by atoms with Gasteiger partial charge in [-0.25, -0.2) is 4.68 Å². The molecule has 1 amide bonds. The van der Waals surface area contributed by atoms with Crippen LogP contribution in [0.15, 0.2) is 48.8 Å². The second-order valence-electron chi connectivity index (χ2n) is 7.51. The molecule has 1 aliphatic heterocycles. The number of para-hydroxylation sites is 1. The predicted octanol–water partition coefficient (Wildman–Crippen LogP) is 2.96. The number of carbonyl (C=O) groups is 1. The second-order valence-corrected chi connectivity index (χ2v) is 7.51. The summed E-state index contributed by atoms with van der Waals surface area (Å²) in [6.07, 6.45) is 5.03. The first kappa shape index (κ1) is 16.9. The highest BCUT2D eigenvalue weighted by molar-refractivity contribution is 5.97. The molecule has 2 aromatic carbocycles. The van der Waals surface area contributed by atoms with Gasteiger partial charge in [0.15, 0.2) is 0 Å². The molecule has 1 saturated heterocycles. The van der Waals surface area contributed by atoms with E-state index in [1.807, 2.05) is 47.4 Å². The van der Waals surface area contributed by atoms with Crippen molar-refractivity contribution in [3.8, 4) is 22.6 Å². The van der Waals surface area contributed by atoms with Crippen LogP contribution in [0, 0.1) is 5.92 Å². The third-order valence-corrected chi connectivity index (χ3v) is 5.87. The fourth-order valence-electron chi connectivity index (χ4n) is 4.52. The van der Waals surface area contributed by atoms with Gasteiger partial charge in [-0.05, 0) is 65.4 Å². The molecule has 1 aromatic heterocycles. The minimum Gasteiger partial charge on any atom is -0.496 e. The fourth-order valence-corrected chi connectivity index (χ4v) is 4.52. The van der Waals surface area contributed by atoms with E-state index in [2.05, 4.69) is 15.5 Å². The van der Waals surface area contributed by atoms with Gasteiger partial charge >= 0.3 is 0 Å². The largest absolute Gasteiger partial charge is 0.496 e. The Morgan fingerprint density at radius 1 is 1.18 bits per heavy atom. The summed E-state index contributed by atoms with van der Waals surface area (Å²) in [5, 5.41) is 11.5. The number of fused-ring (bicyclic) bond motifs is 2. The Bertz CT molecular complexity index is 1020. The van der Waals surface area contributed by atoms with Crippen LogP contribution in [0.5, 0.6) is 5.75 Å². The average Bonchev–Trinajstić information content (AvgIpc) is 3.51. The third kappa shape index (κ3) is 2.83. The van der Waals surface area contributed by atoms with Gasteiger partial charge in [0.25, 0.3) is 5.91 Å². The SMILES string of the molecule is COc1ccccc1-c1cc(C(=O)N2C[C@@H]3CC[C@@H]2C3)cc(-n2cnnn2)c1. The number of amides is 1. The van der Waals surface area contributed by atoms with Crippen LogP contribution in [-0.2, 0) is 0 Å². The fraction of sp³-hybridized carbons (Fsp3) is 0.333. The van der Waals surface area contributed by atoms with Crippen LogP contribution in [-0.4, -0.2) is 50.7 Å². The number of tetrazole rings is 1. The van der Waals surface area contributed by atoms with Gasteiger partial charge in [-0.1, -0.05) is 18.2 Å². The molecule has 2 bridgehead atoms. The maximum Gasteiger partial charge on any atom is 0.254 e. The number of ether oxygens (including phenoxy) is 1. The number of aromatic nitrogens is 4. The monoisotopic (exact) mass is 375 g/mol. The molecule has 5 rings (SSSR count). The highest BCUT2D eigenvalue weighted by Crippen LogP contribution is 2.39. The molecule has 7 nitrogen and oxygen atoms in total. The van der Waals surface area contributed by atoms with Gasteiger partial charge in [0.1, 0.15) is 12.1 Å². The number of piperidine rings is 1. The maximum atomic E-state index is 13.3. The Balaban J connectivity index is 1.61. The zero-order valence-corrected chi connectivity index (χ0v) is 15.7. The van der Waals surface area contributed by atoms with Gasteiger partial charge in [-0.3, -0.25) is 4.79 Å². The van der Waals surface area contributed by atoms with E-state index in [4.69, 9.17) is 4.74 Å². The lowest BCUT2D eigenvalue weighted by molar-refractivity contribution is 0.0703. The molecule has 2 atom stereocenters. The molecule has 7 heteroatoms. The highest BCUT2D eigenvalue weighted by Gasteiger charge is 2.40. The van der Waals surface area contributed by atoms with E-state index in [9.17, 15) is 4.79 Å². The number of hydrogen-bond acceptors (Lipinski definition) is 5. The van der Waals surface area contributed by atoms with Crippen molar-refractivity contribution in [3.05, 3.63) is 54.4 Å². The molecule has 2 heterocycles. The number of hydrogen-bond donors (Lipinski definition) is 0. The Morgan fingerprint density at radius 2 is 2.07 bits per heavy atom. The molecule has 3 aromatic rings. The Morgan fingerprint density at radius 3 is 2.79 bits per heavy atom. The number of benzene rings is 2. The van der Waals surface area contributed by atoms with Crippen molar-refractivity contribution in [1.82, 2.24) is 25.1 Å². The maximum absolute atomic E-state index is 13.3. The van der Waals surface area contributed by atoms with Crippen molar-refractivity contribution in [2.75, 3.05) is 13.7 Å². The summed E-state index contributed by atoms with van der Waals surface area (Å²) in [5.41, 5.74) is 3.23. The lowest BCUT2D eigenvalue weighted by Gasteiger charge is -2.27. The lowest BCUT2D eigenvalue weighted by atomic mass is 10.00. The normalized spacial score (nSPS) is 20.5. The Hall–Kier alpha value is -3.22. The van der Waals surface area contributed by atoms with Gasteiger partial charge in [-0.2, -0.15) is 0 Å². The number of nitrogens with zero attached hydrogens (tertiary/aromatic N) is 5. The van der Waals surface area contributed by atoms with Gasteiger partial charge in [0.2, 0.25) is 0 Å². The summed E-state index contributed by atoms with van der Waals surface area (Å²) in [6.45, 7) is 0.864. The van der Waals surface area contributed by atoms with E-state index in [-0.39, 0.29) is 5.91 Å². The van der Waals surface area contributed by atoms with Crippen LogP contribution in [0.4, 0.5) is 0 Å². The van der Waals surface area contributed by atoms with Crippen LogP contribution >= 0.6 is 0 Å². The van der Waals surface area contributed by atoms with Crippen LogP contribution in [0.2, 0.25) is 0 Å². The standard InChI is InChI=1S/C21H21N5O2/c1-28-20-5-3-2-4-19(20)15-9-16(11-18(10-15)26-13-22-23-24-26)21(27)25-12-14-6-7-17(25)8-14/h2-5,9-11,13-14,17H,6-8,12H2,1H3/t14-,17-/m1/s1. The summed E-state index contributed by atoms with van der Waals surface area (Å²) >= 11 is 0. The zero-order chi connectivity index (χ0) is 19.1. The number of methoxy groups -OCH3 is 1. The molecule has 2 aliphatic rings. The quantitative estimate of drug-likeness (QED) is 0.701. The molecule has 0 spiro atoms. The lowest BCUT2D eigenvalue weighted by Crippen LogP contribution is -2.37. The van der Waals surface area contributed by atoms with Gasteiger partial charge in [0, 0.05) is 23.7 Å². The zero-order valence-electron chi connectivity index (χ0n) is 15.7. The third-order valence-electron chi connectivity index (χ3n) is 5.87. The molecule has 1 aliphatic carbocycles. The van der Waals surface area contributed by atoms with E-state index in [0.717, 1.165) is 42.0 Å². The van der Waals surface area contributed by atoms with Crippen molar-refractivity contribution in [2.24, 2.45) is 5.92 Å². The topological polar surface area (TPSA) is 73.1 Å². The smallest absolute Gasteiger partial charge is 0.254 e. The summed E-state index contributed by atoms with van der Waals surface area (Å²) in [5.74, 6) is 1.50. The summed E-state index contributed by atoms with van der Waals surface area (Å²) in [4.78, 5) is 15.4. The first-order valence-corrected chi connectivity index (χ1v) is 9.56. The predicted molar refractivity (Wildman–Crippen MR) is 103 cm³/mol. The summed E-state index contributed by atoms with van der Waals surface area (Å²) in [7, 11) is 1.65. The van der Waals surface area contributed by atoms with Crippen LogP contribution in [0.1, 0.15) is 29.6 Å². The van der Waals surface area contributed by atoms with Crippen LogP contribution in [0.3, 0.4) is 0 Å². The molecule has 0 N–H and O–H groups in total. The van der Waals surface area contributed by atoms with Crippen molar-refractivity contribution in [1.29, 1.82) is 0 Å². The van der Waals surface area contributed by atoms with E-state index in [0.29, 0.717) is 17.5 Å². The van der Waals surface area contributed by atoms with Crippen molar-refractivity contribution in [2.45, 2.75) is 25.3 Å². The van der Waals surface area contributed by atoms with Crippen LogP contribution < -0.4 is 4.74 Å². The van der Waals surface area contributed by atoms with Crippen molar-refractivity contribution >= 4 is 5.91 Å². The number of carbonyl (C=O) groups excluding carboxylic acids is 1. The van der Waals surface area contributed by atoms with Gasteiger partial charge < -0.3 is 9.64 Å². The molecule has 142 valence electrons. The minimum atomic E-state index is 0.0817. The molecule has 2 fully saturated rings. The Kier molecular flexibility index (Phi) is 4.07. The molecule has 0 unspecified atom stereocenters. The summed E-state index contributed by atoms with van der Waals surface area (Å²) < 4.78 is 7.10. The molecular formula is C21H21N5O2. The van der Waals surface area contributed by atoms with E-state index in [1.54, 1.807) is 11.8 Å². The first-order chi connectivity index (χ1) is 13.7. The number of rotatable bonds is 4. The minimum absolute atomic E-state index is 0.0817. The van der Waals surface area contributed by atoms with Gasteiger partial charge in [-0.15, -0.1) is 5.10 Å². The van der Waals surface area contributed by atoms with Crippen molar-refractivity contribution in [3.63, 3.8) is 0 Å². The van der Waals surface area contributed by atoms with Gasteiger partial charge in [0.05, 0.1) is 12.8 Å². The van der Waals surface area contributed by atoms with E-state index < -0.39 is 0 Å². The molecule has 1 saturated carbocycles. The first-order valence-electron chi connectivity index (χ1n) is 9.56. The van der Waals surface area contributed by atoms with Crippen molar-refractivity contribution < 1.29 is 9.53 Å². The molecular weight excluding hydrogens is 354 g/mol. The molecule has 0 radical (unpaired) electrons. The number of likely N-dealkylation sites (tertiary alicyclic amines) is 1. The van der Waals surface area contributed by atoms with Crippen LogP contribution in [0.25, 0.3) is 16.8 Å². The Labute approximate surface area is 162 Å². The molecule has 28 heavy (non-hydrogen) atoms. The average molecular weight is 375 g/mol. The highest BCUT2D eigenvalue weighted by atomic mass is 16.5. The van der Waals surface area contributed by atoms with E-state index in [1.165, 1.54) is 12.7 Å². The van der Waals surface area contributed by atoms with E-state index >= 15 is 0 Å². The second kappa shape index (κ2) is 6.74.